The van der Waals surface area contributed by atoms with E-state index in [1.165, 1.54) is 0 Å². The van der Waals surface area contributed by atoms with Crippen molar-refractivity contribution in [2.24, 2.45) is 5.84 Å². The van der Waals surface area contributed by atoms with E-state index < -0.39 is 0 Å². The van der Waals surface area contributed by atoms with E-state index in [2.05, 4.69) is 45.6 Å². The monoisotopic (exact) mass is 328 g/mol. The van der Waals surface area contributed by atoms with Gasteiger partial charge in [0.05, 0.1) is 6.61 Å². The first-order valence-corrected chi connectivity index (χ1v) is 7.62. The van der Waals surface area contributed by atoms with Crippen LogP contribution in [0.4, 0.5) is 0 Å². The summed E-state index contributed by atoms with van der Waals surface area (Å²) < 4.78 is 5.57. The molecule has 10 nitrogen and oxygen atoms in total. The molecule has 0 aliphatic carbocycles. The zero-order chi connectivity index (χ0) is 16.9. The molecule has 0 radical (unpaired) electrons. The van der Waals surface area contributed by atoms with Gasteiger partial charge in [-0.3, -0.25) is 5.84 Å². The second-order valence-corrected chi connectivity index (χ2v) is 4.78. The molecule has 0 bridgehead atoms. The first-order chi connectivity index (χ1) is 11.2. The third-order valence-corrected chi connectivity index (χ3v) is 3.20. The van der Waals surface area contributed by atoms with Gasteiger partial charge < -0.3 is 9.84 Å². The Morgan fingerprint density at radius 1 is 1.13 bits per heavy atom. The average molecular weight is 328 g/mol. The van der Waals surface area contributed by atoms with Crippen molar-refractivity contribution in [3.8, 4) is 11.5 Å². The smallest absolute Gasteiger partial charge is 0.126 e. The third-order valence-electron chi connectivity index (χ3n) is 3.20. The Bertz CT molecular complexity index is 434. The first-order valence-electron chi connectivity index (χ1n) is 7.62. The lowest BCUT2D eigenvalue weighted by Gasteiger charge is -2.19. The zero-order valence-electron chi connectivity index (χ0n) is 13.6. The van der Waals surface area contributed by atoms with E-state index in [1.54, 1.807) is 12.1 Å². The van der Waals surface area contributed by atoms with E-state index in [0.717, 1.165) is 30.6 Å². The van der Waals surface area contributed by atoms with Gasteiger partial charge in [-0.15, -0.1) is 0 Å². The Morgan fingerprint density at radius 3 is 2.57 bits per heavy atom. The highest BCUT2D eigenvalue weighted by Crippen LogP contribution is 2.25. The van der Waals surface area contributed by atoms with Crippen LogP contribution >= 0.6 is 0 Å². The summed E-state index contributed by atoms with van der Waals surface area (Å²) in [6, 6.07) is 5.49. The van der Waals surface area contributed by atoms with Crippen LogP contribution < -0.4 is 49.2 Å². The van der Waals surface area contributed by atoms with Crippen molar-refractivity contribution in [3.63, 3.8) is 0 Å². The number of aryl methyl sites for hydroxylation is 1. The molecular weight excluding hydrogens is 300 g/mol. The molecule has 0 saturated heterocycles. The lowest BCUT2D eigenvalue weighted by atomic mass is 10.0. The van der Waals surface area contributed by atoms with Gasteiger partial charge in [0.15, 0.2) is 0 Å². The number of phenols is 1. The van der Waals surface area contributed by atoms with Crippen LogP contribution in [0.2, 0.25) is 0 Å². The molecule has 0 amide bonds. The molecule has 1 unspecified atom stereocenters. The highest BCUT2D eigenvalue weighted by atomic mass is 16.5. The third kappa shape index (κ3) is 8.06. The Labute approximate surface area is 136 Å². The predicted molar refractivity (Wildman–Crippen MR) is 87.8 cm³/mol. The minimum Gasteiger partial charge on any atom is -0.508 e. The fourth-order valence-electron chi connectivity index (χ4n) is 2.02. The van der Waals surface area contributed by atoms with Crippen molar-refractivity contribution in [3.05, 3.63) is 23.8 Å². The number of aromatic hydroxyl groups is 1. The maximum Gasteiger partial charge on any atom is 0.126 e. The number of hydrazine groups is 7. The van der Waals surface area contributed by atoms with Gasteiger partial charge in [0.2, 0.25) is 0 Å². The number of nitrogens with one attached hydrogen (secondary N) is 7. The molecule has 0 aliphatic rings. The van der Waals surface area contributed by atoms with Gasteiger partial charge >= 0.3 is 0 Å². The van der Waals surface area contributed by atoms with E-state index in [9.17, 15) is 5.11 Å². The number of rotatable bonds is 13. The summed E-state index contributed by atoms with van der Waals surface area (Å²) in [6.07, 6.45) is 2.70. The van der Waals surface area contributed by atoms with Gasteiger partial charge in [0.25, 0.3) is 0 Å². The molecular formula is C13H28N8O2. The van der Waals surface area contributed by atoms with Crippen LogP contribution in [0.1, 0.15) is 32.3 Å². The van der Waals surface area contributed by atoms with Crippen molar-refractivity contribution in [2.45, 2.75) is 39.2 Å². The van der Waals surface area contributed by atoms with E-state index in [1.807, 2.05) is 13.0 Å². The molecule has 10 N–H and O–H groups in total. The highest BCUT2D eigenvalue weighted by molar-refractivity contribution is 5.40. The van der Waals surface area contributed by atoms with E-state index in [-0.39, 0.29) is 11.8 Å². The summed E-state index contributed by atoms with van der Waals surface area (Å²) in [5.41, 5.74) is 19.5. The molecule has 0 heterocycles. The fourth-order valence-corrected chi connectivity index (χ4v) is 2.02. The number of benzene rings is 1. The quantitative estimate of drug-likeness (QED) is 0.126. The van der Waals surface area contributed by atoms with Gasteiger partial charge in [-0.2, -0.15) is 33.2 Å². The molecule has 0 spiro atoms. The van der Waals surface area contributed by atoms with Crippen LogP contribution in [0, 0.1) is 0 Å². The molecule has 0 saturated carbocycles. The van der Waals surface area contributed by atoms with Crippen molar-refractivity contribution in [2.75, 3.05) is 6.61 Å². The van der Waals surface area contributed by atoms with Gasteiger partial charge in [-0.1, -0.05) is 13.0 Å². The molecule has 1 rings (SSSR count). The molecule has 132 valence electrons. The summed E-state index contributed by atoms with van der Waals surface area (Å²) in [5, 5.41) is 9.55. The van der Waals surface area contributed by atoms with Crippen LogP contribution in [0.15, 0.2) is 18.2 Å². The van der Waals surface area contributed by atoms with E-state index >= 15 is 0 Å². The van der Waals surface area contributed by atoms with Crippen LogP contribution in [-0.4, -0.2) is 17.8 Å². The molecule has 0 aromatic heterocycles. The normalized spacial score (nSPS) is 12.3. The number of phenolic OH excluding ortho intramolecular Hbond substituents is 1. The number of hydrogen-bond acceptors (Lipinski definition) is 10. The summed E-state index contributed by atoms with van der Waals surface area (Å²) in [6.45, 7) is 4.60. The van der Waals surface area contributed by atoms with Gasteiger partial charge in [0.1, 0.15) is 11.5 Å². The zero-order valence-corrected chi connectivity index (χ0v) is 13.6. The summed E-state index contributed by atoms with van der Waals surface area (Å²) in [7, 11) is 0. The maximum absolute atomic E-state index is 9.55. The topological polar surface area (TPSA) is 140 Å². The first kappa shape index (κ1) is 19.5. The summed E-state index contributed by atoms with van der Waals surface area (Å²) in [5.74, 6) is 5.95. The number of hydrogen-bond donors (Lipinski definition) is 9. The second-order valence-electron chi connectivity index (χ2n) is 4.78. The van der Waals surface area contributed by atoms with E-state index in [0.29, 0.717) is 6.61 Å². The Hall–Kier alpha value is -1.50. The summed E-state index contributed by atoms with van der Waals surface area (Å²) in [4.78, 5) is 0. The second kappa shape index (κ2) is 12.0. The molecule has 0 fully saturated rings. The Morgan fingerprint density at radius 2 is 1.87 bits per heavy atom. The van der Waals surface area contributed by atoms with E-state index in [4.69, 9.17) is 10.6 Å². The van der Waals surface area contributed by atoms with Gasteiger partial charge in [-0.05, 0) is 37.8 Å². The van der Waals surface area contributed by atoms with Crippen molar-refractivity contribution in [1.29, 1.82) is 0 Å². The average Bonchev–Trinajstić information content (AvgIpc) is 2.55. The van der Waals surface area contributed by atoms with Crippen LogP contribution in [0.25, 0.3) is 0 Å². The predicted octanol–water partition coefficient (Wildman–Crippen LogP) is -1.01. The maximum atomic E-state index is 9.55. The molecule has 1 aromatic carbocycles. The lowest BCUT2D eigenvalue weighted by molar-refractivity contribution is 0.253. The fraction of sp³-hybridized carbons (Fsp3) is 0.538. The van der Waals surface area contributed by atoms with Gasteiger partial charge in [-0.25, -0.2) is 5.43 Å². The molecule has 1 aromatic rings. The molecule has 10 heteroatoms. The van der Waals surface area contributed by atoms with Crippen molar-refractivity contribution in [1.82, 2.24) is 38.6 Å². The number of nitrogens with two attached hydrogens (primary N) is 1. The standard InChI is InChI=1S/C13H28N8O2/c1-3-11(15-17-19-21-20-18-16-14)7-5-10-6-8-12(22)9-13(10)23-4-2/h6,8-9,11,15-22H,3-5,7,14H2,1-2H3. The number of ether oxygens (including phenoxy) is 1. The summed E-state index contributed by atoms with van der Waals surface area (Å²) >= 11 is 0. The Balaban J connectivity index is 2.36. The largest absolute Gasteiger partial charge is 0.508 e. The van der Waals surface area contributed by atoms with Crippen LogP contribution in [0.5, 0.6) is 11.5 Å². The minimum atomic E-state index is 0.215. The van der Waals surface area contributed by atoms with Crippen LogP contribution in [0.3, 0.4) is 0 Å². The molecule has 1 atom stereocenters. The van der Waals surface area contributed by atoms with Crippen molar-refractivity contribution < 1.29 is 9.84 Å². The SMILES string of the molecule is CCOc1cc(O)ccc1CCC(CC)NNNNNNNN. The highest BCUT2D eigenvalue weighted by Gasteiger charge is 2.09. The Kier molecular flexibility index (Phi) is 10.2. The van der Waals surface area contributed by atoms with Gasteiger partial charge in [0, 0.05) is 12.1 Å². The molecule has 23 heavy (non-hydrogen) atoms. The van der Waals surface area contributed by atoms with Crippen molar-refractivity contribution >= 4 is 0 Å². The minimum absolute atomic E-state index is 0.215. The molecule has 0 aliphatic heterocycles. The lowest BCUT2D eigenvalue weighted by Crippen LogP contribution is -2.63. The van der Waals surface area contributed by atoms with Crippen LogP contribution in [-0.2, 0) is 6.42 Å².